The molecule has 0 aromatic carbocycles. The average Bonchev–Trinajstić information content (AvgIpc) is 3.02. The second kappa shape index (κ2) is 5.69. The van der Waals surface area contributed by atoms with Crippen LogP contribution in [0.1, 0.15) is 56.1 Å². The normalized spacial score (nSPS) is 18.5. The highest BCUT2D eigenvalue weighted by Crippen LogP contribution is 2.25. The molecular formula is C14H19BrN4O. The highest BCUT2D eigenvalue weighted by Gasteiger charge is 2.24. The number of furan rings is 1. The molecule has 108 valence electrons. The molecule has 20 heavy (non-hydrogen) atoms. The molecule has 0 amide bonds. The van der Waals surface area contributed by atoms with Crippen LogP contribution in [0.25, 0.3) is 0 Å². The van der Waals surface area contributed by atoms with E-state index < -0.39 is 0 Å². The molecule has 0 saturated carbocycles. The number of hydrogen-bond acceptors (Lipinski definition) is 4. The first-order chi connectivity index (χ1) is 9.63. The van der Waals surface area contributed by atoms with E-state index in [0.717, 1.165) is 41.5 Å². The van der Waals surface area contributed by atoms with Crippen molar-refractivity contribution in [1.82, 2.24) is 20.1 Å². The number of nitrogens with one attached hydrogen (secondary N) is 1. The lowest BCUT2D eigenvalue weighted by Crippen LogP contribution is -2.28. The Morgan fingerprint density at radius 2 is 2.35 bits per heavy atom. The summed E-state index contributed by atoms with van der Waals surface area (Å²) >= 11 is 3.32. The van der Waals surface area contributed by atoms with Crippen molar-refractivity contribution >= 4 is 15.9 Å². The molecule has 1 N–H and O–H groups in total. The lowest BCUT2D eigenvalue weighted by atomic mass is 10.1. The first kappa shape index (κ1) is 13.8. The summed E-state index contributed by atoms with van der Waals surface area (Å²) in [7, 11) is 0. The molecule has 3 heterocycles. The average molecular weight is 339 g/mol. The Kier molecular flexibility index (Phi) is 3.94. The monoisotopic (exact) mass is 338 g/mol. The minimum atomic E-state index is 0.257. The maximum atomic E-state index is 5.52. The Balaban J connectivity index is 1.72. The summed E-state index contributed by atoms with van der Waals surface area (Å²) < 4.78 is 8.33. The molecule has 0 bridgehead atoms. The summed E-state index contributed by atoms with van der Waals surface area (Å²) in [6.45, 7) is 5.94. The van der Waals surface area contributed by atoms with Crippen LogP contribution in [0, 0.1) is 0 Å². The topological polar surface area (TPSA) is 55.9 Å². The van der Waals surface area contributed by atoms with E-state index in [4.69, 9.17) is 9.40 Å². The third-order valence-corrected chi connectivity index (χ3v) is 3.99. The minimum absolute atomic E-state index is 0.257. The molecule has 1 atom stereocenters. The Morgan fingerprint density at radius 1 is 1.50 bits per heavy atom. The Morgan fingerprint density at radius 3 is 3.05 bits per heavy atom. The van der Waals surface area contributed by atoms with Crippen LogP contribution in [-0.2, 0) is 13.1 Å². The minimum Gasteiger partial charge on any atom is -0.453 e. The van der Waals surface area contributed by atoms with Crippen molar-refractivity contribution in [2.45, 2.75) is 51.7 Å². The lowest BCUT2D eigenvalue weighted by molar-refractivity contribution is 0.351. The Hall–Kier alpha value is -1.14. The fourth-order valence-corrected chi connectivity index (χ4v) is 2.82. The Labute approximate surface area is 126 Å². The van der Waals surface area contributed by atoms with E-state index in [2.05, 4.69) is 44.9 Å². The second-order valence-electron chi connectivity index (χ2n) is 5.49. The van der Waals surface area contributed by atoms with Crippen LogP contribution in [-0.4, -0.2) is 14.8 Å². The number of nitrogens with zero attached hydrogens (tertiary/aromatic N) is 3. The molecule has 2 aromatic heterocycles. The van der Waals surface area contributed by atoms with Crippen molar-refractivity contribution in [2.75, 3.05) is 0 Å². The number of fused-ring (bicyclic) bond motifs is 1. The molecule has 0 aliphatic carbocycles. The molecule has 5 nitrogen and oxygen atoms in total. The third-order valence-electron chi connectivity index (χ3n) is 3.56. The first-order valence-electron chi connectivity index (χ1n) is 7.05. The van der Waals surface area contributed by atoms with E-state index in [0.29, 0.717) is 12.5 Å². The molecule has 3 rings (SSSR count). The summed E-state index contributed by atoms with van der Waals surface area (Å²) in [5, 5.41) is 8.12. The van der Waals surface area contributed by atoms with Crippen molar-refractivity contribution in [1.29, 1.82) is 0 Å². The predicted octanol–water partition coefficient (Wildman–Crippen LogP) is 3.38. The molecule has 0 unspecified atom stereocenters. The number of hydrogen-bond donors (Lipinski definition) is 1. The number of rotatable bonds is 4. The molecule has 2 aromatic rings. The van der Waals surface area contributed by atoms with Crippen molar-refractivity contribution < 1.29 is 4.42 Å². The van der Waals surface area contributed by atoms with Crippen molar-refractivity contribution in [2.24, 2.45) is 0 Å². The van der Waals surface area contributed by atoms with Gasteiger partial charge in [0.2, 0.25) is 0 Å². The van der Waals surface area contributed by atoms with Gasteiger partial charge in [0.25, 0.3) is 0 Å². The molecule has 0 spiro atoms. The van der Waals surface area contributed by atoms with Crippen LogP contribution in [0.4, 0.5) is 0 Å². The van der Waals surface area contributed by atoms with E-state index in [1.165, 1.54) is 0 Å². The SMILES string of the molecule is CC(C)c1nc2n(n1)CCC[C@H]2NCc1ccc(Br)o1. The third kappa shape index (κ3) is 2.81. The van der Waals surface area contributed by atoms with Gasteiger partial charge >= 0.3 is 0 Å². The van der Waals surface area contributed by atoms with Gasteiger partial charge in [0.05, 0.1) is 12.6 Å². The van der Waals surface area contributed by atoms with Crippen LogP contribution < -0.4 is 5.32 Å². The van der Waals surface area contributed by atoms with Crippen LogP contribution >= 0.6 is 15.9 Å². The van der Waals surface area contributed by atoms with Crippen molar-refractivity contribution in [3.8, 4) is 0 Å². The fraction of sp³-hybridized carbons (Fsp3) is 0.571. The van der Waals surface area contributed by atoms with Crippen LogP contribution in [0.5, 0.6) is 0 Å². The second-order valence-corrected chi connectivity index (χ2v) is 6.27. The van der Waals surface area contributed by atoms with Gasteiger partial charge in [0.15, 0.2) is 10.5 Å². The highest BCUT2D eigenvalue weighted by molar-refractivity contribution is 9.10. The molecular weight excluding hydrogens is 320 g/mol. The molecule has 0 fully saturated rings. The van der Waals surface area contributed by atoms with Crippen LogP contribution in [0.15, 0.2) is 21.2 Å². The number of aryl methyl sites for hydroxylation is 1. The van der Waals surface area contributed by atoms with E-state index in [-0.39, 0.29) is 6.04 Å². The summed E-state index contributed by atoms with van der Waals surface area (Å²) in [5.41, 5.74) is 0. The largest absolute Gasteiger partial charge is 0.453 e. The predicted molar refractivity (Wildman–Crippen MR) is 79.3 cm³/mol. The molecule has 1 aliphatic heterocycles. The van der Waals surface area contributed by atoms with Gasteiger partial charge in [-0.15, -0.1) is 0 Å². The van der Waals surface area contributed by atoms with Crippen LogP contribution in [0.3, 0.4) is 0 Å². The van der Waals surface area contributed by atoms with Crippen molar-refractivity contribution in [3.63, 3.8) is 0 Å². The van der Waals surface area contributed by atoms with Gasteiger partial charge in [-0.3, -0.25) is 0 Å². The smallest absolute Gasteiger partial charge is 0.169 e. The lowest BCUT2D eigenvalue weighted by Gasteiger charge is -2.22. The van der Waals surface area contributed by atoms with Gasteiger partial charge in [-0.05, 0) is 40.9 Å². The van der Waals surface area contributed by atoms with Gasteiger partial charge < -0.3 is 9.73 Å². The van der Waals surface area contributed by atoms with Crippen LogP contribution in [0.2, 0.25) is 0 Å². The quantitative estimate of drug-likeness (QED) is 0.928. The maximum Gasteiger partial charge on any atom is 0.169 e. The zero-order valence-corrected chi connectivity index (χ0v) is 13.4. The van der Waals surface area contributed by atoms with Gasteiger partial charge in [0.1, 0.15) is 11.6 Å². The van der Waals surface area contributed by atoms with Gasteiger partial charge in [-0.25, -0.2) is 9.67 Å². The van der Waals surface area contributed by atoms with Crippen molar-refractivity contribution in [3.05, 3.63) is 34.2 Å². The zero-order chi connectivity index (χ0) is 14.1. The highest BCUT2D eigenvalue weighted by atomic mass is 79.9. The molecule has 1 aliphatic rings. The summed E-state index contributed by atoms with van der Waals surface area (Å²) in [6, 6.07) is 4.15. The number of aromatic nitrogens is 3. The van der Waals surface area contributed by atoms with Gasteiger partial charge in [-0.1, -0.05) is 13.8 Å². The molecule has 0 radical (unpaired) electrons. The first-order valence-corrected chi connectivity index (χ1v) is 7.85. The summed E-state index contributed by atoms with van der Waals surface area (Å²) in [5.74, 6) is 3.30. The van der Waals surface area contributed by atoms with E-state index in [1.54, 1.807) is 0 Å². The molecule has 6 heteroatoms. The zero-order valence-electron chi connectivity index (χ0n) is 11.8. The fourth-order valence-electron chi connectivity index (χ4n) is 2.48. The van der Waals surface area contributed by atoms with Gasteiger partial charge in [-0.2, -0.15) is 5.10 Å². The van der Waals surface area contributed by atoms with E-state index >= 15 is 0 Å². The van der Waals surface area contributed by atoms with Gasteiger partial charge in [0, 0.05) is 12.5 Å². The maximum absolute atomic E-state index is 5.52. The Bertz CT molecular complexity index is 590. The summed E-state index contributed by atoms with van der Waals surface area (Å²) in [6.07, 6.45) is 2.23. The van der Waals surface area contributed by atoms with E-state index in [9.17, 15) is 0 Å². The standard InChI is InChI=1S/C14H19BrN4O/c1-9(2)13-17-14-11(4-3-7-19(14)18-13)16-8-10-5-6-12(15)20-10/h5-6,9,11,16H,3-4,7-8H2,1-2H3/t11-/m1/s1. The number of halogens is 1. The molecule has 0 saturated heterocycles. The van der Waals surface area contributed by atoms with E-state index in [1.807, 2.05) is 12.1 Å². The summed E-state index contributed by atoms with van der Waals surface area (Å²) in [4.78, 5) is 4.70.